The number of ether oxygens (including phenoxy) is 1. The summed E-state index contributed by atoms with van der Waals surface area (Å²) in [7, 11) is 1.64. The highest BCUT2D eigenvalue weighted by Crippen LogP contribution is 2.27. The number of hydrogen-bond acceptors (Lipinski definition) is 4. The first kappa shape index (κ1) is 12.3. The molecule has 5 N–H and O–H groups in total. The largest absolute Gasteiger partial charge is 0.495 e. The maximum Gasteiger partial charge on any atom is 0.142 e. The third-order valence-electron chi connectivity index (χ3n) is 2.02. The van der Waals surface area contributed by atoms with Crippen molar-refractivity contribution in [3.8, 4) is 5.75 Å². The summed E-state index contributed by atoms with van der Waals surface area (Å²) in [6.07, 6.45) is 0. The Balaban J connectivity index is 2.69. The van der Waals surface area contributed by atoms with Crippen molar-refractivity contribution < 1.29 is 4.74 Å². The van der Waals surface area contributed by atoms with Gasteiger partial charge in [-0.15, -0.1) is 0 Å². The van der Waals surface area contributed by atoms with E-state index in [0.717, 1.165) is 15.9 Å². The average Bonchev–Trinajstić information content (AvgIpc) is 2.26. The topological polar surface area (TPSA) is 73.3 Å². The first-order chi connectivity index (χ1) is 7.17. The molecule has 1 rings (SSSR count). The van der Waals surface area contributed by atoms with E-state index in [9.17, 15) is 0 Å². The molecule has 0 aromatic heterocycles. The number of rotatable bonds is 5. The molecule has 0 spiro atoms. The van der Waals surface area contributed by atoms with Crippen LogP contribution in [0, 0.1) is 0 Å². The second-order valence-corrected chi connectivity index (χ2v) is 4.14. The van der Waals surface area contributed by atoms with E-state index >= 15 is 0 Å². The van der Waals surface area contributed by atoms with Crippen LogP contribution in [0.3, 0.4) is 0 Å². The second kappa shape index (κ2) is 5.95. The normalized spacial score (nSPS) is 12.3. The van der Waals surface area contributed by atoms with Gasteiger partial charge in [0.2, 0.25) is 0 Å². The van der Waals surface area contributed by atoms with Crippen LogP contribution in [0.15, 0.2) is 22.7 Å². The highest BCUT2D eigenvalue weighted by molar-refractivity contribution is 9.10. The molecular formula is C10H16BrN3O. The molecule has 4 nitrogen and oxygen atoms in total. The zero-order valence-corrected chi connectivity index (χ0v) is 10.3. The van der Waals surface area contributed by atoms with Gasteiger partial charge in [-0.05, 0) is 18.2 Å². The number of benzene rings is 1. The van der Waals surface area contributed by atoms with Gasteiger partial charge >= 0.3 is 0 Å². The van der Waals surface area contributed by atoms with Gasteiger partial charge in [0.15, 0.2) is 0 Å². The molecule has 0 saturated carbocycles. The molecule has 1 atom stereocenters. The number of nitrogens with two attached hydrogens (primary N) is 2. The second-order valence-electron chi connectivity index (χ2n) is 3.22. The highest BCUT2D eigenvalue weighted by atomic mass is 79.9. The van der Waals surface area contributed by atoms with Crippen LogP contribution in [0.5, 0.6) is 5.75 Å². The van der Waals surface area contributed by atoms with E-state index in [2.05, 4.69) is 21.2 Å². The van der Waals surface area contributed by atoms with Crippen molar-refractivity contribution in [2.45, 2.75) is 6.04 Å². The molecular weight excluding hydrogens is 258 g/mol. The van der Waals surface area contributed by atoms with Crippen molar-refractivity contribution in [2.75, 3.05) is 25.5 Å². The van der Waals surface area contributed by atoms with Crippen LogP contribution < -0.4 is 21.5 Å². The lowest BCUT2D eigenvalue weighted by Gasteiger charge is -2.14. The van der Waals surface area contributed by atoms with Gasteiger partial charge in [0.25, 0.3) is 0 Å². The standard InChI is InChI=1S/C10H16BrN3O/c1-15-10-3-2-7(11)4-9(10)14-6-8(13)5-12/h2-4,8,14H,5-6,12-13H2,1H3. The van der Waals surface area contributed by atoms with E-state index in [0.29, 0.717) is 13.1 Å². The summed E-state index contributed by atoms with van der Waals surface area (Å²) in [6, 6.07) is 5.71. The lowest BCUT2D eigenvalue weighted by molar-refractivity contribution is 0.416. The minimum absolute atomic E-state index is 0.0475. The van der Waals surface area contributed by atoms with Crippen LogP contribution in [0.2, 0.25) is 0 Å². The zero-order chi connectivity index (χ0) is 11.3. The Labute approximate surface area is 98.1 Å². The van der Waals surface area contributed by atoms with E-state index < -0.39 is 0 Å². The van der Waals surface area contributed by atoms with Crippen LogP contribution in [0.25, 0.3) is 0 Å². The summed E-state index contributed by atoms with van der Waals surface area (Å²) in [4.78, 5) is 0. The predicted octanol–water partition coefficient (Wildman–Crippen LogP) is 1.16. The van der Waals surface area contributed by atoms with Crippen molar-refractivity contribution in [3.05, 3.63) is 22.7 Å². The SMILES string of the molecule is COc1ccc(Br)cc1NCC(N)CN. The van der Waals surface area contributed by atoms with E-state index in [1.165, 1.54) is 0 Å². The van der Waals surface area contributed by atoms with Crippen LogP contribution in [-0.2, 0) is 0 Å². The van der Waals surface area contributed by atoms with Crippen LogP contribution in [-0.4, -0.2) is 26.2 Å². The molecule has 0 aliphatic rings. The molecule has 0 aliphatic carbocycles. The lowest BCUT2D eigenvalue weighted by atomic mass is 10.2. The molecule has 0 heterocycles. The van der Waals surface area contributed by atoms with Crippen LogP contribution >= 0.6 is 15.9 Å². The molecule has 0 amide bonds. The predicted molar refractivity (Wildman–Crippen MR) is 66.2 cm³/mol. The lowest BCUT2D eigenvalue weighted by Crippen LogP contribution is -2.36. The quantitative estimate of drug-likeness (QED) is 0.753. The zero-order valence-electron chi connectivity index (χ0n) is 8.66. The Bertz CT molecular complexity index is 320. The Hall–Kier alpha value is -0.780. The summed E-state index contributed by atoms with van der Waals surface area (Å²) in [5.74, 6) is 0.794. The summed E-state index contributed by atoms with van der Waals surface area (Å²) in [5.41, 5.74) is 12.1. The molecule has 15 heavy (non-hydrogen) atoms. The fourth-order valence-corrected chi connectivity index (χ4v) is 1.50. The fraction of sp³-hybridized carbons (Fsp3) is 0.400. The van der Waals surface area contributed by atoms with E-state index in [-0.39, 0.29) is 6.04 Å². The Kier molecular flexibility index (Phi) is 4.87. The molecule has 5 heteroatoms. The van der Waals surface area contributed by atoms with Gasteiger partial charge in [-0.1, -0.05) is 15.9 Å². The van der Waals surface area contributed by atoms with Gasteiger partial charge in [0.05, 0.1) is 12.8 Å². The number of halogens is 1. The summed E-state index contributed by atoms with van der Waals surface area (Å²) >= 11 is 3.40. The van der Waals surface area contributed by atoms with Gasteiger partial charge in [0.1, 0.15) is 5.75 Å². The maximum absolute atomic E-state index is 5.71. The minimum atomic E-state index is -0.0475. The van der Waals surface area contributed by atoms with Crippen LogP contribution in [0.4, 0.5) is 5.69 Å². The monoisotopic (exact) mass is 273 g/mol. The van der Waals surface area contributed by atoms with Crippen molar-refractivity contribution in [1.29, 1.82) is 0 Å². The number of anilines is 1. The third-order valence-corrected chi connectivity index (χ3v) is 2.51. The number of nitrogens with one attached hydrogen (secondary N) is 1. The molecule has 84 valence electrons. The van der Waals surface area contributed by atoms with Gasteiger partial charge in [0, 0.05) is 23.6 Å². The van der Waals surface area contributed by atoms with E-state index in [4.69, 9.17) is 16.2 Å². The minimum Gasteiger partial charge on any atom is -0.495 e. The molecule has 1 aromatic carbocycles. The first-order valence-corrected chi connectivity index (χ1v) is 5.49. The van der Waals surface area contributed by atoms with Crippen LogP contribution in [0.1, 0.15) is 0 Å². The Morgan fingerprint density at radius 2 is 2.27 bits per heavy atom. The number of hydrogen-bond donors (Lipinski definition) is 3. The molecule has 1 aromatic rings. The average molecular weight is 274 g/mol. The molecule has 0 aliphatic heterocycles. The van der Waals surface area contributed by atoms with E-state index in [1.54, 1.807) is 7.11 Å². The Morgan fingerprint density at radius 1 is 1.53 bits per heavy atom. The fourth-order valence-electron chi connectivity index (χ4n) is 1.14. The smallest absolute Gasteiger partial charge is 0.142 e. The molecule has 0 fully saturated rings. The Morgan fingerprint density at radius 3 is 2.87 bits per heavy atom. The van der Waals surface area contributed by atoms with Crippen molar-refractivity contribution in [3.63, 3.8) is 0 Å². The highest BCUT2D eigenvalue weighted by Gasteiger charge is 2.04. The molecule has 0 radical (unpaired) electrons. The third kappa shape index (κ3) is 3.70. The van der Waals surface area contributed by atoms with Gasteiger partial charge in [-0.3, -0.25) is 0 Å². The molecule has 0 saturated heterocycles. The van der Waals surface area contributed by atoms with Gasteiger partial charge in [-0.25, -0.2) is 0 Å². The summed E-state index contributed by atoms with van der Waals surface area (Å²) in [5, 5.41) is 3.20. The first-order valence-electron chi connectivity index (χ1n) is 4.70. The van der Waals surface area contributed by atoms with Gasteiger partial charge in [-0.2, -0.15) is 0 Å². The van der Waals surface area contributed by atoms with Crippen molar-refractivity contribution >= 4 is 21.6 Å². The molecule has 1 unspecified atom stereocenters. The molecule has 0 bridgehead atoms. The van der Waals surface area contributed by atoms with Crippen molar-refractivity contribution in [1.82, 2.24) is 0 Å². The van der Waals surface area contributed by atoms with E-state index in [1.807, 2.05) is 18.2 Å². The van der Waals surface area contributed by atoms with Gasteiger partial charge < -0.3 is 21.5 Å². The summed E-state index contributed by atoms with van der Waals surface area (Å²) < 4.78 is 6.20. The maximum atomic E-state index is 5.71. The number of methoxy groups -OCH3 is 1. The van der Waals surface area contributed by atoms with Crippen molar-refractivity contribution in [2.24, 2.45) is 11.5 Å². The summed E-state index contributed by atoms with van der Waals surface area (Å²) in [6.45, 7) is 1.09.